The molecule has 0 saturated carbocycles. The molecule has 1 unspecified atom stereocenters. The molecule has 2 atom stereocenters. The van der Waals surface area contributed by atoms with Crippen LogP contribution in [0.5, 0.6) is 0 Å². The molecule has 0 radical (unpaired) electrons. The van der Waals surface area contributed by atoms with Crippen molar-refractivity contribution in [3.8, 4) is 12.3 Å². The van der Waals surface area contributed by atoms with E-state index in [0.717, 1.165) is 16.2 Å². The Hall–Kier alpha value is -4.09. The van der Waals surface area contributed by atoms with Gasteiger partial charge in [-0.2, -0.15) is 4.57 Å². The third-order valence-electron chi connectivity index (χ3n) is 5.07. The van der Waals surface area contributed by atoms with Gasteiger partial charge in [-0.3, -0.25) is 14.5 Å². The summed E-state index contributed by atoms with van der Waals surface area (Å²) in [5, 5.41) is 19.4. The number of pyridine rings is 1. The van der Waals surface area contributed by atoms with E-state index in [1.807, 2.05) is 0 Å². The zero-order chi connectivity index (χ0) is 25.1. The van der Waals surface area contributed by atoms with Gasteiger partial charge in [-0.15, -0.1) is 29.5 Å². The van der Waals surface area contributed by atoms with Crippen LogP contribution >= 0.6 is 23.1 Å². The summed E-state index contributed by atoms with van der Waals surface area (Å²) >= 11 is 2.41. The van der Waals surface area contributed by atoms with Crippen molar-refractivity contribution >= 4 is 57.4 Å². The zero-order valence-corrected chi connectivity index (χ0v) is 19.7. The second-order valence-electron chi connectivity index (χ2n) is 7.40. The van der Waals surface area contributed by atoms with Crippen LogP contribution in [-0.4, -0.2) is 57.2 Å². The van der Waals surface area contributed by atoms with Gasteiger partial charge in [0.1, 0.15) is 17.1 Å². The van der Waals surface area contributed by atoms with Gasteiger partial charge in [0.05, 0.1) is 17.4 Å². The van der Waals surface area contributed by atoms with Crippen molar-refractivity contribution in [2.75, 3.05) is 23.8 Å². The Balaban J connectivity index is 1.53. The monoisotopic (exact) mass is 513 g/mol. The number of hydrogen-bond acceptors (Lipinski definition) is 11. The van der Waals surface area contributed by atoms with Crippen LogP contribution in [0, 0.1) is 12.3 Å². The second-order valence-corrected chi connectivity index (χ2v) is 9.39. The molecular weight excluding hydrogens is 494 g/mol. The maximum atomic E-state index is 12.9. The molecular formula is C21H19N7O5S2. The van der Waals surface area contributed by atoms with E-state index in [0.29, 0.717) is 17.0 Å². The molecule has 2 aliphatic rings. The van der Waals surface area contributed by atoms with Crippen molar-refractivity contribution in [1.29, 1.82) is 0 Å². The lowest BCUT2D eigenvalue weighted by atomic mass is 10.0. The summed E-state index contributed by atoms with van der Waals surface area (Å²) in [6, 6.07) is 2.45. The molecule has 180 valence electrons. The van der Waals surface area contributed by atoms with Gasteiger partial charge in [-0.1, -0.05) is 11.1 Å². The van der Waals surface area contributed by atoms with Crippen LogP contribution in [0.2, 0.25) is 0 Å². The SMILES string of the molecule is C#CCON=C(C(=O)NC1C(=O)N2C(C(=O)[O-])=C(C[n+]3cccc(N)c3)CS[C@H]12)c1csc(N)n1. The maximum absolute atomic E-state index is 12.9. The number of anilines is 2. The average molecular weight is 514 g/mol. The number of aromatic nitrogens is 2. The summed E-state index contributed by atoms with van der Waals surface area (Å²) in [6.07, 6.45) is 8.54. The third-order valence-corrected chi connectivity index (χ3v) is 7.08. The zero-order valence-electron chi connectivity index (χ0n) is 18.0. The van der Waals surface area contributed by atoms with Gasteiger partial charge >= 0.3 is 0 Å². The molecule has 2 amide bonds. The Bertz CT molecular complexity index is 1300. The number of fused-ring (bicyclic) bond motifs is 1. The van der Waals surface area contributed by atoms with E-state index in [4.69, 9.17) is 22.7 Å². The first kappa shape index (κ1) is 24.0. The fraction of sp³-hybridized carbons (Fsp3) is 0.238. The first-order chi connectivity index (χ1) is 16.8. The number of nitrogens with zero attached hydrogens (tertiary/aromatic N) is 4. The summed E-state index contributed by atoms with van der Waals surface area (Å²) < 4.78 is 1.72. The number of carbonyl (C=O) groups excluding carboxylic acids is 3. The van der Waals surface area contributed by atoms with Crippen molar-refractivity contribution < 1.29 is 28.9 Å². The predicted octanol–water partition coefficient (Wildman–Crippen LogP) is -1.95. The number of thiazole rings is 1. The number of terminal acetylenes is 1. The largest absolute Gasteiger partial charge is 0.543 e. The third kappa shape index (κ3) is 4.91. The second kappa shape index (κ2) is 10.0. The number of aliphatic carboxylic acids is 1. The molecule has 14 heteroatoms. The number of hydrogen-bond donors (Lipinski definition) is 3. The molecule has 0 bridgehead atoms. The number of amides is 2. The first-order valence-electron chi connectivity index (χ1n) is 10.1. The summed E-state index contributed by atoms with van der Waals surface area (Å²) in [5.41, 5.74) is 12.2. The highest BCUT2D eigenvalue weighted by Gasteiger charge is 2.53. The van der Waals surface area contributed by atoms with Crippen molar-refractivity contribution in [2.24, 2.45) is 5.16 Å². The number of rotatable bonds is 8. The molecule has 35 heavy (non-hydrogen) atoms. The van der Waals surface area contributed by atoms with Gasteiger partial charge in [0.2, 0.25) is 0 Å². The van der Waals surface area contributed by atoms with Crippen LogP contribution in [0.3, 0.4) is 0 Å². The van der Waals surface area contributed by atoms with Crippen molar-refractivity contribution in [3.05, 3.63) is 46.9 Å². The quantitative estimate of drug-likeness (QED) is 0.0903. The lowest BCUT2D eigenvalue weighted by Crippen LogP contribution is -2.71. The number of nitrogens with one attached hydrogen (secondary N) is 1. The predicted molar refractivity (Wildman–Crippen MR) is 126 cm³/mol. The topological polar surface area (TPSA) is 180 Å². The molecule has 4 heterocycles. The minimum absolute atomic E-state index is 0.152. The number of nitrogens with two attached hydrogens (primary N) is 2. The van der Waals surface area contributed by atoms with E-state index >= 15 is 0 Å². The number of nitrogen functional groups attached to an aromatic ring is 2. The minimum Gasteiger partial charge on any atom is -0.543 e. The standard InChI is InChI=1S/C21H19N7O5S2/c1-2-6-33-26-14(13-10-35-21(23)24-13)17(29)25-15-18(30)28-16(20(31)32)11(9-34-19(15)28)7-27-5-3-4-12(22)8-27/h1,3-5,8,10,15,19H,6-7,9,22H2,(H3-,23,24,25,29,31,32)/t15?,19-/m1/s1. The highest BCUT2D eigenvalue weighted by Crippen LogP contribution is 2.40. The van der Waals surface area contributed by atoms with Gasteiger partial charge < -0.3 is 31.5 Å². The molecule has 1 fully saturated rings. The molecule has 4 rings (SSSR count). The Morgan fingerprint density at radius 1 is 1.46 bits per heavy atom. The van der Waals surface area contributed by atoms with E-state index in [-0.39, 0.29) is 35.4 Å². The summed E-state index contributed by atoms with van der Waals surface area (Å²) in [5.74, 6) is -0.282. The van der Waals surface area contributed by atoms with Crippen LogP contribution in [-0.2, 0) is 25.8 Å². The van der Waals surface area contributed by atoms with Crippen LogP contribution in [0.15, 0.2) is 46.3 Å². The molecule has 12 nitrogen and oxygen atoms in total. The Morgan fingerprint density at radius 3 is 2.91 bits per heavy atom. The van der Waals surface area contributed by atoms with Crippen molar-refractivity contribution in [2.45, 2.75) is 18.0 Å². The van der Waals surface area contributed by atoms with Gasteiger partial charge in [-0.25, -0.2) is 4.98 Å². The summed E-state index contributed by atoms with van der Waals surface area (Å²) in [6.45, 7) is 0.0298. The Morgan fingerprint density at radius 2 is 2.26 bits per heavy atom. The first-order valence-corrected chi connectivity index (χ1v) is 12.0. The van der Waals surface area contributed by atoms with Crippen LogP contribution in [0.1, 0.15) is 5.69 Å². The van der Waals surface area contributed by atoms with Crippen LogP contribution < -0.4 is 26.5 Å². The molecule has 5 N–H and O–H groups in total. The number of carbonyl (C=O) groups is 3. The van der Waals surface area contributed by atoms with E-state index in [9.17, 15) is 19.5 Å². The van der Waals surface area contributed by atoms with Gasteiger partial charge in [0.15, 0.2) is 36.4 Å². The highest BCUT2D eigenvalue weighted by molar-refractivity contribution is 8.00. The lowest BCUT2D eigenvalue weighted by molar-refractivity contribution is -0.688. The van der Waals surface area contributed by atoms with E-state index in [2.05, 4.69) is 21.4 Å². The Labute approximate surface area is 207 Å². The van der Waals surface area contributed by atoms with Crippen molar-refractivity contribution in [1.82, 2.24) is 15.2 Å². The molecule has 1 saturated heterocycles. The van der Waals surface area contributed by atoms with E-state index in [1.54, 1.807) is 29.1 Å². The summed E-state index contributed by atoms with van der Waals surface area (Å²) in [4.78, 5) is 47.9. The number of carboxylic acid groups (broad SMARTS) is 1. The van der Waals surface area contributed by atoms with Gasteiger partial charge in [-0.05, 0) is 6.07 Å². The normalized spacial score (nSPS) is 19.5. The van der Waals surface area contributed by atoms with E-state index < -0.39 is 29.2 Å². The number of thioether (sulfide) groups is 1. The minimum atomic E-state index is -1.48. The summed E-state index contributed by atoms with van der Waals surface area (Å²) in [7, 11) is 0. The molecule has 2 aliphatic heterocycles. The molecule has 0 aliphatic carbocycles. The van der Waals surface area contributed by atoms with Crippen LogP contribution in [0.4, 0.5) is 10.8 Å². The van der Waals surface area contributed by atoms with Crippen molar-refractivity contribution in [3.63, 3.8) is 0 Å². The lowest BCUT2D eigenvalue weighted by Gasteiger charge is -2.50. The van der Waals surface area contributed by atoms with Gasteiger partial charge in [0.25, 0.3) is 11.8 Å². The number of β-lactam (4-membered cyclic amide) rings is 1. The van der Waals surface area contributed by atoms with E-state index in [1.165, 1.54) is 17.1 Å². The maximum Gasteiger partial charge on any atom is 0.276 e. The molecule has 2 aromatic rings. The molecule has 0 spiro atoms. The number of oxime groups is 1. The van der Waals surface area contributed by atoms with Crippen LogP contribution in [0.25, 0.3) is 0 Å². The number of carboxylic acids is 1. The molecule has 0 aromatic carbocycles. The fourth-order valence-electron chi connectivity index (χ4n) is 3.60. The van der Waals surface area contributed by atoms with Gasteiger partial charge in [0, 0.05) is 22.8 Å². The average Bonchev–Trinajstić information content (AvgIpc) is 3.25. The Kier molecular flexibility index (Phi) is 6.90. The highest BCUT2D eigenvalue weighted by atomic mass is 32.2. The smallest absolute Gasteiger partial charge is 0.276 e. The fourth-order valence-corrected chi connectivity index (χ4v) is 5.48. The molecule has 2 aromatic heterocycles.